The number of hydrogen-bond donors (Lipinski definition) is 1. The summed E-state index contributed by atoms with van der Waals surface area (Å²) in [6.45, 7) is 2.71. The predicted octanol–water partition coefficient (Wildman–Crippen LogP) is 0.118. The van der Waals surface area contributed by atoms with Crippen LogP contribution in [0, 0.1) is 0 Å². The van der Waals surface area contributed by atoms with E-state index in [4.69, 9.17) is 5.73 Å². The minimum Gasteiger partial charge on any atom is -0.339 e. The molecule has 0 spiro atoms. The molecule has 1 saturated heterocycles. The Morgan fingerprint density at radius 2 is 2.12 bits per heavy atom. The summed E-state index contributed by atoms with van der Waals surface area (Å²) in [7, 11) is 4.25. The summed E-state index contributed by atoms with van der Waals surface area (Å²) in [5, 5.41) is 0. The van der Waals surface area contributed by atoms with Crippen LogP contribution in [0.1, 0.15) is 12.0 Å². The van der Waals surface area contributed by atoms with Crippen LogP contribution in [0.5, 0.6) is 0 Å². The molecule has 2 N–H and O–H groups in total. The molecule has 17 heavy (non-hydrogen) atoms. The third kappa shape index (κ3) is 2.92. The fourth-order valence-electron chi connectivity index (χ4n) is 2.15. The van der Waals surface area contributed by atoms with Gasteiger partial charge in [-0.05, 0) is 39.0 Å². The van der Waals surface area contributed by atoms with Crippen molar-refractivity contribution in [2.75, 3.05) is 38.6 Å². The van der Waals surface area contributed by atoms with Crippen molar-refractivity contribution in [2.45, 2.75) is 18.9 Å². The molecule has 1 fully saturated rings. The van der Waals surface area contributed by atoms with Gasteiger partial charge in [-0.2, -0.15) is 0 Å². The zero-order valence-corrected chi connectivity index (χ0v) is 10.6. The van der Waals surface area contributed by atoms with Crippen LogP contribution in [-0.4, -0.2) is 54.6 Å². The van der Waals surface area contributed by atoms with E-state index in [1.54, 1.807) is 0 Å². The monoisotopic (exact) mass is 235 g/mol. The summed E-state index contributed by atoms with van der Waals surface area (Å²) in [6, 6.07) is 0.613. The standard InChI is InChI=1S/C12H21N5/c1-16(2)11-4-6-17(9-11)12-14-7-10(3-5-13)8-15-12/h7-8,11H,3-6,9,13H2,1-2H3. The molecule has 2 heterocycles. The summed E-state index contributed by atoms with van der Waals surface area (Å²) in [4.78, 5) is 13.3. The predicted molar refractivity (Wildman–Crippen MR) is 69.1 cm³/mol. The smallest absolute Gasteiger partial charge is 0.225 e. The lowest BCUT2D eigenvalue weighted by atomic mass is 10.2. The van der Waals surface area contributed by atoms with Gasteiger partial charge < -0.3 is 15.5 Å². The molecular formula is C12H21N5. The van der Waals surface area contributed by atoms with Gasteiger partial charge in [-0.1, -0.05) is 0 Å². The van der Waals surface area contributed by atoms with E-state index in [1.165, 1.54) is 6.42 Å². The first-order valence-corrected chi connectivity index (χ1v) is 6.13. The van der Waals surface area contributed by atoms with E-state index >= 15 is 0 Å². The van der Waals surface area contributed by atoms with Crippen LogP contribution in [-0.2, 0) is 6.42 Å². The van der Waals surface area contributed by atoms with Gasteiger partial charge in [0, 0.05) is 31.5 Å². The van der Waals surface area contributed by atoms with Crippen molar-refractivity contribution in [3.05, 3.63) is 18.0 Å². The normalized spacial score (nSPS) is 20.2. The average molecular weight is 235 g/mol. The van der Waals surface area contributed by atoms with E-state index in [0.29, 0.717) is 12.6 Å². The lowest BCUT2D eigenvalue weighted by Gasteiger charge is -2.20. The molecule has 0 bridgehead atoms. The Morgan fingerprint density at radius 1 is 1.41 bits per heavy atom. The highest BCUT2D eigenvalue weighted by molar-refractivity contribution is 5.32. The maximum atomic E-state index is 5.50. The van der Waals surface area contributed by atoms with Gasteiger partial charge in [-0.25, -0.2) is 9.97 Å². The van der Waals surface area contributed by atoms with Crippen molar-refractivity contribution in [1.29, 1.82) is 0 Å². The van der Waals surface area contributed by atoms with Gasteiger partial charge in [-0.3, -0.25) is 0 Å². The molecule has 0 amide bonds. The molecule has 0 radical (unpaired) electrons. The van der Waals surface area contributed by atoms with Crippen molar-refractivity contribution in [2.24, 2.45) is 5.73 Å². The van der Waals surface area contributed by atoms with Crippen molar-refractivity contribution < 1.29 is 0 Å². The molecule has 5 nitrogen and oxygen atoms in total. The van der Waals surface area contributed by atoms with Gasteiger partial charge >= 0.3 is 0 Å². The highest BCUT2D eigenvalue weighted by Crippen LogP contribution is 2.18. The van der Waals surface area contributed by atoms with Crippen LogP contribution in [0.25, 0.3) is 0 Å². The zero-order valence-electron chi connectivity index (χ0n) is 10.6. The second-order valence-corrected chi connectivity index (χ2v) is 4.78. The number of anilines is 1. The molecule has 94 valence electrons. The van der Waals surface area contributed by atoms with Gasteiger partial charge in [-0.15, -0.1) is 0 Å². The number of aromatic nitrogens is 2. The van der Waals surface area contributed by atoms with Gasteiger partial charge in [0.05, 0.1) is 0 Å². The van der Waals surface area contributed by atoms with E-state index in [-0.39, 0.29) is 0 Å². The molecule has 0 aliphatic carbocycles. The van der Waals surface area contributed by atoms with E-state index < -0.39 is 0 Å². The molecule has 0 aromatic carbocycles. The van der Waals surface area contributed by atoms with Crippen molar-refractivity contribution >= 4 is 5.95 Å². The number of likely N-dealkylation sites (N-methyl/N-ethyl adjacent to an activating group) is 1. The highest BCUT2D eigenvalue weighted by Gasteiger charge is 2.25. The third-order valence-electron chi connectivity index (χ3n) is 3.30. The lowest BCUT2D eigenvalue weighted by molar-refractivity contribution is 0.315. The van der Waals surface area contributed by atoms with Crippen LogP contribution in [0.3, 0.4) is 0 Å². The minimum atomic E-state index is 0.613. The third-order valence-corrected chi connectivity index (χ3v) is 3.30. The Bertz CT molecular complexity index is 348. The summed E-state index contributed by atoms with van der Waals surface area (Å²) in [6.07, 6.45) is 5.80. The van der Waals surface area contributed by atoms with Crippen molar-refractivity contribution in [1.82, 2.24) is 14.9 Å². The van der Waals surface area contributed by atoms with Gasteiger partial charge in [0.25, 0.3) is 0 Å². The molecule has 1 unspecified atom stereocenters. The number of nitrogens with zero attached hydrogens (tertiary/aromatic N) is 4. The summed E-state index contributed by atoms with van der Waals surface area (Å²) < 4.78 is 0. The SMILES string of the molecule is CN(C)C1CCN(c2ncc(CCN)cn2)C1. The van der Waals surface area contributed by atoms with E-state index in [9.17, 15) is 0 Å². The fraction of sp³-hybridized carbons (Fsp3) is 0.667. The van der Waals surface area contributed by atoms with E-state index in [0.717, 1.165) is 31.0 Å². The lowest BCUT2D eigenvalue weighted by Crippen LogP contribution is -2.32. The van der Waals surface area contributed by atoms with Crippen molar-refractivity contribution in [3.63, 3.8) is 0 Å². The molecule has 0 saturated carbocycles. The molecule has 1 aliphatic heterocycles. The number of rotatable bonds is 4. The largest absolute Gasteiger partial charge is 0.339 e. The second kappa shape index (κ2) is 5.42. The Hall–Kier alpha value is -1.20. The summed E-state index contributed by atoms with van der Waals surface area (Å²) in [5.74, 6) is 0.843. The molecule has 1 aromatic rings. The first-order valence-electron chi connectivity index (χ1n) is 6.13. The molecule has 1 aliphatic rings. The van der Waals surface area contributed by atoms with Gasteiger partial charge in [0.15, 0.2) is 0 Å². The van der Waals surface area contributed by atoms with Crippen LogP contribution in [0.4, 0.5) is 5.95 Å². The van der Waals surface area contributed by atoms with Crippen LogP contribution in [0.15, 0.2) is 12.4 Å². The highest BCUT2D eigenvalue weighted by atomic mass is 15.3. The van der Waals surface area contributed by atoms with Crippen LogP contribution < -0.4 is 10.6 Å². The topological polar surface area (TPSA) is 58.3 Å². The molecule has 1 aromatic heterocycles. The number of hydrogen-bond acceptors (Lipinski definition) is 5. The first kappa shape index (κ1) is 12.3. The zero-order chi connectivity index (χ0) is 12.3. The summed E-state index contributed by atoms with van der Waals surface area (Å²) in [5.41, 5.74) is 6.61. The maximum absolute atomic E-state index is 5.50. The maximum Gasteiger partial charge on any atom is 0.225 e. The Kier molecular flexibility index (Phi) is 3.91. The molecule has 5 heteroatoms. The van der Waals surface area contributed by atoms with Crippen molar-refractivity contribution in [3.8, 4) is 0 Å². The van der Waals surface area contributed by atoms with Crippen LogP contribution >= 0.6 is 0 Å². The first-order chi connectivity index (χ1) is 8.20. The quantitative estimate of drug-likeness (QED) is 0.803. The second-order valence-electron chi connectivity index (χ2n) is 4.78. The van der Waals surface area contributed by atoms with E-state index in [1.807, 2.05) is 12.4 Å². The van der Waals surface area contributed by atoms with Gasteiger partial charge in [0.1, 0.15) is 0 Å². The average Bonchev–Trinajstić information content (AvgIpc) is 2.80. The van der Waals surface area contributed by atoms with Gasteiger partial charge in [0.2, 0.25) is 5.95 Å². The minimum absolute atomic E-state index is 0.613. The Morgan fingerprint density at radius 3 is 2.65 bits per heavy atom. The number of nitrogens with two attached hydrogens (primary N) is 1. The van der Waals surface area contributed by atoms with Crippen LogP contribution in [0.2, 0.25) is 0 Å². The molecule has 1 atom stereocenters. The Labute approximate surface area is 103 Å². The van der Waals surface area contributed by atoms with E-state index in [2.05, 4.69) is 33.9 Å². The Balaban J connectivity index is 1.99. The summed E-state index contributed by atoms with van der Waals surface area (Å²) >= 11 is 0. The fourth-order valence-corrected chi connectivity index (χ4v) is 2.15. The molecular weight excluding hydrogens is 214 g/mol. The molecule has 2 rings (SSSR count).